The summed E-state index contributed by atoms with van der Waals surface area (Å²) in [5.74, 6) is 2.92. The molecule has 1 aliphatic carbocycles. The number of rotatable bonds is 4. The third-order valence-corrected chi connectivity index (χ3v) is 4.49. The first-order valence-electron chi connectivity index (χ1n) is 7.11. The lowest BCUT2D eigenvalue weighted by molar-refractivity contribution is 0.216. The van der Waals surface area contributed by atoms with Gasteiger partial charge in [0.1, 0.15) is 5.75 Å². The molecular weight excluding hydrogens is 222 g/mol. The predicted molar refractivity (Wildman–Crippen MR) is 75.9 cm³/mol. The highest BCUT2D eigenvalue weighted by molar-refractivity contribution is 5.37. The Balaban J connectivity index is 2.26. The monoisotopic (exact) mass is 247 g/mol. The summed E-state index contributed by atoms with van der Waals surface area (Å²) in [6, 6.07) is 8.34. The molecule has 2 rings (SSSR count). The fourth-order valence-corrected chi connectivity index (χ4v) is 3.45. The van der Waals surface area contributed by atoms with Crippen molar-refractivity contribution in [2.45, 2.75) is 38.5 Å². The van der Waals surface area contributed by atoms with Crippen LogP contribution in [0.3, 0.4) is 0 Å². The van der Waals surface area contributed by atoms with Crippen LogP contribution in [0.1, 0.15) is 44.1 Å². The van der Waals surface area contributed by atoms with Crippen LogP contribution in [0, 0.1) is 11.8 Å². The van der Waals surface area contributed by atoms with Crippen molar-refractivity contribution in [1.29, 1.82) is 0 Å². The first-order chi connectivity index (χ1) is 8.77. The summed E-state index contributed by atoms with van der Waals surface area (Å²) in [7, 11) is 1.75. The standard InChI is InChI=1S/C16H25NO/c1-12-7-3-4-8-13(12)15(11-17)14-9-5-6-10-16(14)18-2/h5-6,9-10,12-13,15H,3-4,7-8,11,17H2,1-2H3. The maximum Gasteiger partial charge on any atom is 0.122 e. The van der Waals surface area contributed by atoms with Gasteiger partial charge in [-0.1, -0.05) is 44.4 Å². The van der Waals surface area contributed by atoms with Crippen molar-refractivity contribution in [3.05, 3.63) is 29.8 Å². The first kappa shape index (κ1) is 13.4. The van der Waals surface area contributed by atoms with Gasteiger partial charge in [-0.15, -0.1) is 0 Å². The van der Waals surface area contributed by atoms with Crippen LogP contribution in [0.25, 0.3) is 0 Å². The summed E-state index contributed by atoms with van der Waals surface area (Å²) in [6.07, 6.45) is 5.37. The fourth-order valence-electron chi connectivity index (χ4n) is 3.45. The molecule has 1 fully saturated rings. The highest BCUT2D eigenvalue weighted by Crippen LogP contribution is 2.41. The normalized spacial score (nSPS) is 25.7. The third-order valence-electron chi connectivity index (χ3n) is 4.49. The van der Waals surface area contributed by atoms with Gasteiger partial charge in [-0.25, -0.2) is 0 Å². The summed E-state index contributed by atoms with van der Waals surface area (Å²) in [5.41, 5.74) is 7.36. The van der Waals surface area contributed by atoms with E-state index in [1.807, 2.05) is 12.1 Å². The molecule has 3 unspecified atom stereocenters. The molecular formula is C16H25NO. The Hall–Kier alpha value is -1.02. The van der Waals surface area contributed by atoms with Crippen LogP contribution in [0.4, 0.5) is 0 Å². The van der Waals surface area contributed by atoms with Gasteiger partial charge < -0.3 is 10.5 Å². The average molecular weight is 247 g/mol. The zero-order valence-electron chi connectivity index (χ0n) is 11.6. The van der Waals surface area contributed by atoms with E-state index in [0.717, 1.165) is 18.2 Å². The summed E-state index contributed by atoms with van der Waals surface area (Å²) >= 11 is 0. The van der Waals surface area contributed by atoms with Gasteiger partial charge in [0.2, 0.25) is 0 Å². The Kier molecular flexibility index (Phi) is 4.65. The van der Waals surface area contributed by atoms with E-state index in [1.165, 1.54) is 31.2 Å². The molecule has 2 N–H and O–H groups in total. The Morgan fingerprint density at radius 2 is 2.00 bits per heavy atom. The number of hydrogen-bond acceptors (Lipinski definition) is 2. The second kappa shape index (κ2) is 6.24. The molecule has 100 valence electrons. The number of nitrogens with two attached hydrogens (primary N) is 1. The van der Waals surface area contributed by atoms with Gasteiger partial charge >= 0.3 is 0 Å². The fraction of sp³-hybridized carbons (Fsp3) is 0.625. The van der Waals surface area contributed by atoms with Crippen molar-refractivity contribution in [2.75, 3.05) is 13.7 Å². The number of ether oxygens (including phenoxy) is 1. The van der Waals surface area contributed by atoms with E-state index in [0.29, 0.717) is 11.8 Å². The largest absolute Gasteiger partial charge is 0.496 e. The molecule has 1 aliphatic rings. The maximum atomic E-state index is 6.07. The zero-order valence-corrected chi connectivity index (χ0v) is 11.6. The van der Waals surface area contributed by atoms with Gasteiger partial charge in [0.05, 0.1) is 7.11 Å². The van der Waals surface area contributed by atoms with E-state index in [1.54, 1.807) is 7.11 Å². The maximum absolute atomic E-state index is 6.07. The second-order valence-electron chi connectivity index (χ2n) is 5.51. The zero-order chi connectivity index (χ0) is 13.0. The van der Waals surface area contributed by atoms with Gasteiger partial charge in [0, 0.05) is 5.92 Å². The minimum atomic E-state index is 0.441. The van der Waals surface area contributed by atoms with Gasteiger partial charge in [-0.2, -0.15) is 0 Å². The van der Waals surface area contributed by atoms with E-state index < -0.39 is 0 Å². The lowest BCUT2D eigenvalue weighted by Crippen LogP contribution is -2.29. The minimum Gasteiger partial charge on any atom is -0.496 e. The summed E-state index contributed by atoms with van der Waals surface area (Å²) in [4.78, 5) is 0. The van der Waals surface area contributed by atoms with E-state index >= 15 is 0 Å². The number of methoxy groups -OCH3 is 1. The Bertz CT molecular complexity index is 377. The van der Waals surface area contributed by atoms with E-state index in [2.05, 4.69) is 19.1 Å². The van der Waals surface area contributed by atoms with Crippen LogP contribution in [0.15, 0.2) is 24.3 Å². The summed E-state index contributed by atoms with van der Waals surface area (Å²) in [5, 5.41) is 0. The molecule has 2 nitrogen and oxygen atoms in total. The topological polar surface area (TPSA) is 35.2 Å². The number of hydrogen-bond donors (Lipinski definition) is 1. The van der Waals surface area contributed by atoms with Gasteiger partial charge in [0.25, 0.3) is 0 Å². The molecule has 0 spiro atoms. The summed E-state index contributed by atoms with van der Waals surface area (Å²) in [6.45, 7) is 3.09. The average Bonchev–Trinajstić information content (AvgIpc) is 2.42. The predicted octanol–water partition coefficient (Wildman–Crippen LogP) is 3.56. The molecule has 0 bridgehead atoms. The molecule has 0 radical (unpaired) electrons. The van der Waals surface area contributed by atoms with Crippen molar-refractivity contribution in [2.24, 2.45) is 17.6 Å². The van der Waals surface area contributed by atoms with Crippen molar-refractivity contribution in [1.82, 2.24) is 0 Å². The first-order valence-corrected chi connectivity index (χ1v) is 7.11. The van der Waals surface area contributed by atoms with Crippen LogP contribution in [0.5, 0.6) is 5.75 Å². The van der Waals surface area contributed by atoms with Crippen molar-refractivity contribution < 1.29 is 4.74 Å². The molecule has 18 heavy (non-hydrogen) atoms. The van der Waals surface area contributed by atoms with Crippen molar-refractivity contribution in [3.8, 4) is 5.75 Å². The van der Waals surface area contributed by atoms with Gasteiger partial charge in [-0.3, -0.25) is 0 Å². The quantitative estimate of drug-likeness (QED) is 0.883. The molecule has 1 aromatic rings. The molecule has 0 saturated heterocycles. The van der Waals surface area contributed by atoms with Crippen LogP contribution in [-0.4, -0.2) is 13.7 Å². The molecule has 2 heteroatoms. The number of para-hydroxylation sites is 1. The van der Waals surface area contributed by atoms with Crippen molar-refractivity contribution in [3.63, 3.8) is 0 Å². The lowest BCUT2D eigenvalue weighted by atomic mass is 9.71. The molecule has 0 aromatic heterocycles. The second-order valence-corrected chi connectivity index (χ2v) is 5.51. The molecule has 0 amide bonds. The molecule has 0 aliphatic heterocycles. The number of benzene rings is 1. The lowest BCUT2D eigenvalue weighted by Gasteiger charge is -2.35. The Morgan fingerprint density at radius 1 is 1.28 bits per heavy atom. The Morgan fingerprint density at radius 3 is 2.67 bits per heavy atom. The minimum absolute atomic E-state index is 0.441. The SMILES string of the molecule is COc1ccccc1C(CN)C1CCCCC1C. The highest BCUT2D eigenvalue weighted by Gasteiger charge is 2.30. The summed E-state index contributed by atoms with van der Waals surface area (Å²) < 4.78 is 5.50. The van der Waals surface area contributed by atoms with Crippen LogP contribution >= 0.6 is 0 Å². The van der Waals surface area contributed by atoms with Gasteiger partial charge in [-0.05, 0) is 36.4 Å². The Labute approximate surface area is 111 Å². The van der Waals surface area contributed by atoms with Gasteiger partial charge in [0.15, 0.2) is 0 Å². The molecule has 3 atom stereocenters. The van der Waals surface area contributed by atoms with E-state index in [9.17, 15) is 0 Å². The smallest absolute Gasteiger partial charge is 0.122 e. The third kappa shape index (κ3) is 2.69. The molecule has 1 aromatic carbocycles. The molecule has 0 heterocycles. The van der Waals surface area contributed by atoms with Crippen molar-refractivity contribution >= 4 is 0 Å². The highest BCUT2D eigenvalue weighted by atomic mass is 16.5. The van der Waals surface area contributed by atoms with E-state index in [4.69, 9.17) is 10.5 Å². The van der Waals surface area contributed by atoms with E-state index in [-0.39, 0.29) is 0 Å². The van der Waals surface area contributed by atoms with Crippen LogP contribution < -0.4 is 10.5 Å². The van der Waals surface area contributed by atoms with Crippen LogP contribution in [0.2, 0.25) is 0 Å². The molecule has 1 saturated carbocycles. The van der Waals surface area contributed by atoms with Crippen LogP contribution in [-0.2, 0) is 0 Å².